The zero-order valence-electron chi connectivity index (χ0n) is 12.4. The zero-order chi connectivity index (χ0) is 14.7. The van der Waals surface area contributed by atoms with Gasteiger partial charge in [0.25, 0.3) is 0 Å². The molecule has 0 N–H and O–H groups in total. The number of rotatable bonds is 0. The van der Waals surface area contributed by atoms with E-state index < -0.39 is 0 Å². The topological polar surface area (TPSA) is 12.9 Å². The average Bonchev–Trinajstić information content (AvgIpc) is 2.94. The molecule has 1 aliphatic rings. The van der Waals surface area contributed by atoms with Gasteiger partial charge in [-0.15, -0.1) is 0 Å². The highest BCUT2D eigenvalue weighted by Crippen LogP contribution is 2.43. The van der Waals surface area contributed by atoms with Crippen molar-refractivity contribution in [1.29, 1.82) is 0 Å². The van der Waals surface area contributed by atoms with Gasteiger partial charge in [0.15, 0.2) is 0 Å². The molecule has 1 heterocycles. The highest BCUT2D eigenvalue weighted by molar-refractivity contribution is 5.99. The van der Waals surface area contributed by atoms with Crippen LogP contribution in [0.3, 0.4) is 0 Å². The van der Waals surface area contributed by atoms with Gasteiger partial charge in [-0.05, 0) is 39.8 Å². The lowest BCUT2D eigenvalue weighted by Gasteiger charge is -2.09. The largest absolute Gasteiger partial charge is 0.255 e. The van der Waals surface area contributed by atoms with E-state index in [0.717, 1.165) is 6.42 Å². The quantitative estimate of drug-likeness (QED) is 0.377. The van der Waals surface area contributed by atoms with Crippen LogP contribution in [0.25, 0.3) is 32.8 Å². The molecular formula is C21H15N. The van der Waals surface area contributed by atoms with E-state index in [9.17, 15) is 0 Å². The van der Waals surface area contributed by atoms with Crippen LogP contribution in [0, 0.1) is 6.92 Å². The summed E-state index contributed by atoms with van der Waals surface area (Å²) in [5.41, 5.74) is 6.67. The van der Waals surface area contributed by atoms with Crippen LogP contribution in [-0.4, -0.2) is 4.98 Å². The predicted octanol–water partition coefficient (Wildman–Crippen LogP) is 5.27. The van der Waals surface area contributed by atoms with E-state index in [4.69, 9.17) is 4.98 Å². The van der Waals surface area contributed by atoms with Crippen molar-refractivity contribution in [2.24, 2.45) is 0 Å². The molecule has 0 bridgehead atoms. The van der Waals surface area contributed by atoms with E-state index >= 15 is 0 Å². The lowest BCUT2D eigenvalue weighted by Crippen LogP contribution is -1.89. The maximum absolute atomic E-state index is 4.80. The lowest BCUT2D eigenvalue weighted by atomic mass is 9.96. The van der Waals surface area contributed by atoms with Gasteiger partial charge in [0, 0.05) is 23.6 Å². The molecule has 0 saturated carbocycles. The summed E-state index contributed by atoms with van der Waals surface area (Å²) in [6, 6.07) is 19.6. The Bertz CT molecular complexity index is 1060. The molecular weight excluding hydrogens is 266 g/mol. The minimum atomic E-state index is 0.991. The Morgan fingerprint density at radius 1 is 0.864 bits per heavy atom. The van der Waals surface area contributed by atoms with E-state index in [1.165, 1.54) is 49.5 Å². The van der Waals surface area contributed by atoms with Gasteiger partial charge >= 0.3 is 0 Å². The molecule has 1 aromatic heterocycles. The van der Waals surface area contributed by atoms with Crippen LogP contribution in [-0.2, 0) is 6.42 Å². The molecule has 1 nitrogen and oxygen atoms in total. The van der Waals surface area contributed by atoms with Crippen LogP contribution in [0.5, 0.6) is 0 Å². The molecule has 0 unspecified atom stereocenters. The molecule has 0 atom stereocenters. The summed E-state index contributed by atoms with van der Waals surface area (Å²) in [6.45, 7) is 2.23. The van der Waals surface area contributed by atoms with Gasteiger partial charge in [-0.25, -0.2) is 0 Å². The molecule has 0 amide bonds. The van der Waals surface area contributed by atoms with Crippen LogP contribution in [0.2, 0.25) is 0 Å². The summed E-state index contributed by atoms with van der Waals surface area (Å²) in [6.07, 6.45) is 3.00. The van der Waals surface area contributed by atoms with Gasteiger partial charge in [-0.2, -0.15) is 0 Å². The third kappa shape index (κ3) is 1.46. The first-order chi connectivity index (χ1) is 10.8. The monoisotopic (exact) mass is 281 g/mol. The third-order valence-electron chi connectivity index (χ3n) is 4.90. The van der Waals surface area contributed by atoms with E-state index in [2.05, 4.69) is 61.5 Å². The number of aromatic nitrogens is 1. The predicted molar refractivity (Wildman–Crippen MR) is 92.2 cm³/mol. The van der Waals surface area contributed by atoms with E-state index in [1.54, 1.807) is 0 Å². The fourth-order valence-corrected chi connectivity index (χ4v) is 3.88. The van der Waals surface area contributed by atoms with Gasteiger partial charge in [-0.1, -0.05) is 54.6 Å². The third-order valence-corrected chi connectivity index (χ3v) is 4.90. The second-order valence-corrected chi connectivity index (χ2v) is 6.11. The number of nitrogens with zero attached hydrogens (tertiary/aromatic N) is 1. The van der Waals surface area contributed by atoms with Crippen molar-refractivity contribution in [2.45, 2.75) is 13.3 Å². The minimum absolute atomic E-state index is 0.991. The van der Waals surface area contributed by atoms with Gasteiger partial charge < -0.3 is 0 Å². The van der Waals surface area contributed by atoms with E-state index in [0.29, 0.717) is 0 Å². The number of hydrogen-bond acceptors (Lipinski definition) is 1. The van der Waals surface area contributed by atoms with Gasteiger partial charge in [-0.3, -0.25) is 4.98 Å². The van der Waals surface area contributed by atoms with Crippen molar-refractivity contribution >= 4 is 21.5 Å². The van der Waals surface area contributed by atoms with Crippen molar-refractivity contribution < 1.29 is 0 Å². The molecule has 4 aromatic rings. The number of hydrogen-bond donors (Lipinski definition) is 0. The van der Waals surface area contributed by atoms with Gasteiger partial charge in [0.1, 0.15) is 0 Å². The average molecular weight is 281 g/mol. The maximum atomic E-state index is 4.80. The van der Waals surface area contributed by atoms with Crippen LogP contribution in [0.4, 0.5) is 0 Å². The normalized spacial score (nSPS) is 12.6. The summed E-state index contributed by atoms with van der Waals surface area (Å²) < 4.78 is 0. The molecule has 104 valence electrons. The van der Waals surface area contributed by atoms with Crippen molar-refractivity contribution in [3.63, 3.8) is 0 Å². The summed E-state index contributed by atoms with van der Waals surface area (Å²) in [5, 5.41) is 5.24. The number of fused-ring (bicyclic) bond motifs is 6. The molecule has 3 aromatic carbocycles. The first-order valence-electron chi connectivity index (χ1n) is 7.71. The van der Waals surface area contributed by atoms with Crippen LogP contribution >= 0.6 is 0 Å². The molecule has 0 saturated heterocycles. The molecule has 5 rings (SSSR count). The summed E-state index contributed by atoms with van der Waals surface area (Å²) in [4.78, 5) is 4.80. The molecule has 22 heavy (non-hydrogen) atoms. The molecule has 0 aliphatic heterocycles. The first-order valence-corrected chi connectivity index (χ1v) is 7.71. The van der Waals surface area contributed by atoms with Crippen LogP contribution in [0.15, 0.2) is 60.8 Å². The van der Waals surface area contributed by atoms with Crippen LogP contribution < -0.4 is 0 Å². The van der Waals surface area contributed by atoms with Crippen molar-refractivity contribution in [3.8, 4) is 11.3 Å². The number of aryl methyl sites for hydroxylation is 1. The Balaban J connectivity index is 1.91. The Kier molecular flexibility index (Phi) is 2.26. The van der Waals surface area contributed by atoms with Crippen molar-refractivity contribution in [3.05, 3.63) is 77.5 Å². The molecule has 0 fully saturated rings. The Hall–Kier alpha value is -2.67. The molecule has 0 radical (unpaired) electrons. The number of benzene rings is 3. The Morgan fingerprint density at radius 3 is 2.45 bits per heavy atom. The maximum Gasteiger partial charge on any atom is 0.0749 e. The highest BCUT2D eigenvalue weighted by Gasteiger charge is 2.24. The van der Waals surface area contributed by atoms with E-state index in [-0.39, 0.29) is 0 Å². The van der Waals surface area contributed by atoms with Crippen molar-refractivity contribution in [1.82, 2.24) is 4.98 Å². The minimum Gasteiger partial charge on any atom is -0.255 e. The van der Waals surface area contributed by atoms with E-state index in [1.807, 2.05) is 6.20 Å². The Labute approximate surface area is 129 Å². The second-order valence-electron chi connectivity index (χ2n) is 6.11. The molecule has 0 spiro atoms. The smallest absolute Gasteiger partial charge is 0.0749 e. The second kappa shape index (κ2) is 4.17. The zero-order valence-corrected chi connectivity index (χ0v) is 12.4. The molecule has 1 heteroatoms. The molecule has 1 aliphatic carbocycles. The SMILES string of the molecule is Cc1c2c(cc3ccccc13)Cc1c-2ncc2ccccc12. The van der Waals surface area contributed by atoms with Crippen LogP contribution in [0.1, 0.15) is 16.7 Å². The fourth-order valence-electron chi connectivity index (χ4n) is 3.88. The van der Waals surface area contributed by atoms with Crippen molar-refractivity contribution in [2.75, 3.05) is 0 Å². The van der Waals surface area contributed by atoms with Gasteiger partial charge in [0.2, 0.25) is 0 Å². The summed E-state index contributed by atoms with van der Waals surface area (Å²) in [5.74, 6) is 0. The standard InChI is InChI=1S/C21H15N/c1-13-17-8-4-2-6-14(17)10-16-11-19-18-9-5-3-7-15(18)12-22-21(19)20(13)16/h2-10,12H,11H2,1H3. The summed E-state index contributed by atoms with van der Waals surface area (Å²) in [7, 11) is 0. The number of pyridine rings is 1. The Morgan fingerprint density at radius 2 is 1.59 bits per heavy atom. The summed E-state index contributed by atoms with van der Waals surface area (Å²) >= 11 is 0. The lowest BCUT2D eigenvalue weighted by molar-refractivity contribution is 1.26. The highest BCUT2D eigenvalue weighted by atomic mass is 14.7. The van der Waals surface area contributed by atoms with Gasteiger partial charge in [0.05, 0.1) is 5.69 Å². The fraction of sp³-hybridized carbons (Fsp3) is 0.0952. The first kappa shape index (κ1) is 11.9.